The summed E-state index contributed by atoms with van der Waals surface area (Å²) < 4.78 is 10.7. The fourth-order valence-corrected chi connectivity index (χ4v) is 4.14. The highest BCUT2D eigenvalue weighted by Gasteiger charge is 2.16. The van der Waals surface area contributed by atoms with Gasteiger partial charge in [-0.1, -0.05) is 25.0 Å². The molecule has 3 rings (SSSR count). The van der Waals surface area contributed by atoms with Gasteiger partial charge in [-0.05, 0) is 49.2 Å². The van der Waals surface area contributed by atoms with Crippen molar-refractivity contribution >= 4 is 23.4 Å². The van der Waals surface area contributed by atoms with Crippen LogP contribution in [0.3, 0.4) is 0 Å². The Morgan fingerprint density at radius 2 is 1.76 bits per heavy atom. The smallest absolute Gasteiger partial charge is 0.262 e. The number of hydrogen-bond acceptors (Lipinski definition) is 4. The summed E-state index contributed by atoms with van der Waals surface area (Å²) in [7, 11) is 1.58. The summed E-state index contributed by atoms with van der Waals surface area (Å²) in [5.41, 5.74) is 0.782. The van der Waals surface area contributed by atoms with Crippen LogP contribution < -0.4 is 14.8 Å². The van der Waals surface area contributed by atoms with Crippen LogP contribution in [-0.4, -0.2) is 24.9 Å². The van der Waals surface area contributed by atoms with Crippen LogP contribution in [0.25, 0.3) is 0 Å². The lowest BCUT2D eigenvalue weighted by Crippen LogP contribution is -2.20. The first-order valence-electron chi connectivity index (χ1n) is 8.57. The Hall–Kier alpha value is -2.14. The maximum absolute atomic E-state index is 12.1. The second-order valence-electron chi connectivity index (χ2n) is 6.04. The van der Waals surface area contributed by atoms with Gasteiger partial charge in [-0.3, -0.25) is 4.79 Å². The van der Waals surface area contributed by atoms with E-state index in [4.69, 9.17) is 9.47 Å². The number of amides is 1. The summed E-state index contributed by atoms with van der Waals surface area (Å²) in [4.78, 5) is 13.3. The second kappa shape index (κ2) is 8.81. The van der Waals surface area contributed by atoms with Crippen LogP contribution in [0, 0.1) is 0 Å². The number of hydrogen-bond donors (Lipinski definition) is 1. The van der Waals surface area contributed by atoms with Gasteiger partial charge in [0.25, 0.3) is 5.91 Å². The van der Waals surface area contributed by atoms with Gasteiger partial charge < -0.3 is 14.8 Å². The molecule has 1 fully saturated rings. The number of carbonyl (C=O) groups excluding carboxylic acids is 1. The van der Waals surface area contributed by atoms with E-state index in [2.05, 4.69) is 17.4 Å². The normalized spacial score (nSPS) is 14.3. The van der Waals surface area contributed by atoms with Crippen molar-refractivity contribution in [3.8, 4) is 11.5 Å². The SMILES string of the molecule is COc1ccccc1OCC(=O)Nc1ccc(SC2CCCC2)cc1. The minimum absolute atomic E-state index is 0.0566. The van der Waals surface area contributed by atoms with E-state index in [0.717, 1.165) is 10.9 Å². The molecule has 1 N–H and O–H groups in total. The summed E-state index contributed by atoms with van der Waals surface area (Å²) in [5.74, 6) is 0.981. The minimum atomic E-state index is -0.192. The van der Waals surface area contributed by atoms with Gasteiger partial charge in [0.05, 0.1) is 7.11 Å². The van der Waals surface area contributed by atoms with Gasteiger partial charge in [-0.25, -0.2) is 0 Å². The number of thioether (sulfide) groups is 1. The Balaban J connectivity index is 1.49. The number of carbonyl (C=O) groups is 1. The number of benzene rings is 2. The quantitative estimate of drug-likeness (QED) is 0.777. The Labute approximate surface area is 152 Å². The van der Waals surface area contributed by atoms with Crippen LogP contribution in [0.4, 0.5) is 5.69 Å². The topological polar surface area (TPSA) is 47.6 Å². The molecule has 5 heteroatoms. The van der Waals surface area contributed by atoms with Gasteiger partial charge >= 0.3 is 0 Å². The highest BCUT2D eigenvalue weighted by atomic mass is 32.2. The summed E-state index contributed by atoms with van der Waals surface area (Å²) in [6.07, 6.45) is 5.31. The third-order valence-electron chi connectivity index (χ3n) is 4.17. The number of nitrogens with one attached hydrogen (secondary N) is 1. The zero-order chi connectivity index (χ0) is 17.5. The van der Waals surface area contributed by atoms with Crippen molar-refractivity contribution in [3.63, 3.8) is 0 Å². The van der Waals surface area contributed by atoms with E-state index < -0.39 is 0 Å². The molecule has 25 heavy (non-hydrogen) atoms. The Morgan fingerprint density at radius 1 is 1.08 bits per heavy atom. The highest BCUT2D eigenvalue weighted by molar-refractivity contribution is 8.00. The monoisotopic (exact) mass is 357 g/mol. The zero-order valence-corrected chi connectivity index (χ0v) is 15.2. The largest absolute Gasteiger partial charge is 0.493 e. The molecule has 2 aromatic rings. The molecule has 0 atom stereocenters. The lowest BCUT2D eigenvalue weighted by Gasteiger charge is -2.11. The van der Waals surface area contributed by atoms with Crippen LogP contribution in [0.5, 0.6) is 11.5 Å². The van der Waals surface area contributed by atoms with E-state index in [9.17, 15) is 4.79 Å². The van der Waals surface area contributed by atoms with Gasteiger partial charge in [0.15, 0.2) is 18.1 Å². The Kier molecular flexibility index (Phi) is 6.23. The van der Waals surface area contributed by atoms with Crippen molar-refractivity contribution in [1.82, 2.24) is 0 Å². The molecule has 0 heterocycles. The molecular weight excluding hydrogens is 334 g/mol. The molecule has 2 aromatic carbocycles. The van der Waals surface area contributed by atoms with E-state index in [1.165, 1.54) is 30.6 Å². The van der Waals surface area contributed by atoms with Crippen LogP contribution in [-0.2, 0) is 4.79 Å². The molecular formula is C20H23NO3S. The molecule has 0 bridgehead atoms. The number of anilines is 1. The minimum Gasteiger partial charge on any atom is -0.493 e. The molecule has 0 spiro atoms. The first-order chi connectivity index (χ1) is 12.2. The Bertz CT molecular complexity index is 696. The number of ether oxygens (including phenoxy) is 2. The lowest BCUT2D eigenvalue weighted by molar-refractivity contribution is -0.118. The summed E-state index contributed by atoms with van der Waals surface area (Å²) in [6.45, 7) is -0.0566. The molecule has 4 nitrogen and oxygen atoms in total. The third kappa shape index (κ3) is 5.16. The van der Waals surface area contributed by atoms with Crippen LogP contribution in [0.2, 0.25) is 0 Å². The summed E-state index contributed by atoms with van der Waals surface area (Å²) in [6, 6.07) is 15.3. The molecule has 0 unspecified atom stereocenters. The molecule has 0 aromatic heterocycles. The second-order valence-corrected chi connectivity index (χ2v) is 7.41. The Morgan fingerprint density at radius 3 is 2.44 bits per heavy atom. The van der Waals surface area contributed by atoms with Crippen LogP contribution in [0.1, 0.15) is 25.7 Å². The van der Waals surface area contributed by atoms with Crippen molar-refractivity contribution < 1.29 is 14.3 Å². The van der Waals surface area contributed by atoms with Crippen molar-refractivity contribution in [1.29, 1.82) is 0 Å². The molecule has 132 valence electrons. The van der Waals surface area contributed by atoms with Crippen molar-refractivity contribution in [2.45, 2.75) is 35.8 Å². The van der Waals surface area contributed by atoms with Gasteiger partial charge in [0, 0.05) is 15.8 Å². The van der Waals surface area contributed by atoms with Gasteiger partial charge in [-0.15, -0.1) is 11.8 Å². The summed E-state index contributed by atoms with van der Waals surface area (Å²) >= 11 is 1.94. The van der Waals surface area contributed by atoms with E-state index in [1.807, 2.05) is 36.0 Å². The maximum atomic E-state index is 12.1. The molecule has 1 saturated carbocycles. The maximum Gasteiger partial charge on any atom is 0.262 e. The number of methoxy groups -OCH3 is 1. The molecule has 0 radical (unpaired) electrons. The predicted molar refractivity (Wildman–Crippen MR) is 102 cm³/mol. The molecule has 1 amide bonds. The predicted octanol–water partition coefficient (Wildman–Crippen LogP) is 4.75. The van der Waals surface area contributed by atoms with Crippen LogP contribution >= 0.6 is 11.8 Å². The van der Waals surface area contributed by atoms with E-state index in [0.29, 0.717) is 11.5 Å². The molecule has 1 aliphatic rings. The van der Waals surface area contributed by atoms with E-state index in [-0.39, 0.29) is 12.5 Å². The average Bonchev–Trinajstić information content (AvgIpc) is 3.15. The standard InChI is InChI=1S/C20H23NO3S/c1-23-18-8-4-5-9-19(18)24-14-20(22)21-15-10-12-17(13-11-15)25-16-6-2-3-7-16/h4-5,8-13,16H,2-3,6-7,14H2,1H3,(H,21,22). The number of para-hydroxylation sites is 2. The first kappa shape index (κ1) is 17.7. The third-order valence-corrected chi connectivity index (χ3v) is 5.52. The average molecular weight is 357 g/mol. The van der Waals surface area contributed by atoms with Gasteiger partial charge in [0.1, 0.15) is 0 Å². The fourth-order valence-electron chi connectivity index (χ4n) is 2.89. The van der Waals surface area contributed by atoms with Gasteiger partial charge in [0.2, 0.25) is 0 Å². The fraction of sp³-hybridized carbons (Fsp3) is 0.350. The first-order valence-corrected chi connectivity index (χ1v) is 9.45. The zero-order valence-electron chi connectivity index (χ0n) is 14.4. The van der Waals surface area contributed by atoms with E-state index >= 15 is 0 Å². The van der Waals surface area contributed by atoms with Crippen molar-refractivity contribution in [2.24, 2.45) is 0 Å². The highest BCUT2D eigenvalue weighted by Crippen LogP contribution is 2.35. The van der Waals surface area contributed by atoms with E-state index in [1.54, 1.807) is 19.2 Å². The van der Waals surface area contributed by atoms with Gasteiger partial charge in [-0.2, -0.15) is 0 Å². The molecule has 0 aliphatic heterocycles. The number of rotatable bonds is 7. The molecule has 0 saturated heterocycles. The summed E-state index contributed by atoms with van der Waals surface area (Å²) in [5, 5.41) is 3.60. The lowest BCUT2D eigenvalue weighted by atomic mass is 10.3. The van der Waals surface area contributed by atoms with Crippen molar-refractivity contribution in [3.05, 3.63) is 48.5 Å². The van der Waals surface area contributed by atoms with Crippen molar-refractivity contribution in [2.75, 3.05) is 19.0 Å². The van der Waals surface area contributed by atoms with Crippen LogP contribution in [0.15, 0.2) is 53.4 Å². The molecule has 1 aliphatic carbocycles.